The molecule has 0 aliphatic rings. The number of aromatic nitrogens is 2. The van der Waals surface area contributed by atoms with Crippen molar-refractivity contribution in [2.45, 2.75) is 11.0 Å². The second kappa shape index (κ2) is 5.94. The zero-order valence-corrected chi connectivity index (χ0v) is 13.2. The van der Waals surface area contributed by atoms with Gasteiger partial charge in [-0.1, -0.05) is 54.2 Å². The molecule has 0 radical (unpaired) electrons. The molecular weight excluding hydrogens is 312 g/mol. The average Bonchev–Trinajstić information content (AvgIpc) is 3.20. The van der Waals surface area contributed by atoms with Gasteiger partial charge in [-0.2, -0.15) is 0 Å². The first-order chi connectivity index (χ1) is 10.9. The Bertz CT molecular complexity index is 866. The maximum atomic E-state index is 5.79. The van der Waals surface area contributed by atoms with Crippen LogP contribution in [0, 0.1) is 0 Å². The minimum Gasteiger partial charge on any atom is -0.431 e. The van der Waals surface area contributed by atoms with Gasteiger partial charge in [0.25, 0.3) is 5.22 Å². The number of hydrogen-bond acceptors (Lipinski definition) is 5. The number of hydrogen-bond donors (Lipinski definition) is 0. The number of thioether (sulfide) groups is 1. The molecule has 0 saturated heterocycles. The van der Waals surface area contributed by atoms with E-state index >= 15 is 0 Å². The molecule has 0 aliphatic carbocycles. The van der Waals surface area contributed by atoms with E-state index in [1.165, 1.54) is 4.70 Å². The highest BCUT2D eigenvalue weighted by molar-refractivity contribution is 7.98. The number of rotatable bonds is 4. The Morgan fingerprint density at radius 3 is 2.68 bits per heavy atom. The topological polar surface area (TPSA) is 38.9 Å². The number of oxazole rings is 1. The van der Waals surface area contributed by atoms with E-state index in [2.05, 4.69) is 16.0 Å². The summed E-state index contributed by atoms with van der Waals surface area (Å²) < 4.78 is 7.01. The largest absolute Gasteiger partial charge is 0.431 e. The minimum absolute atomic E-state index is 0.679. The Hall–Kier alpha value is -2.11. The van der Waals surface area contributed by atoms with Gasteiger partial charge < -0.3 is 4.42 Å². The van der Waals surface area contributed by atoms with E-state index in [4.69, 9.17) is 4.42 Å². The van der Waals surface area contributed by atoms with Crippen LogP contribution in [-0.4, -0.2) is 9.97 Å². The highest BCUT2D eigenvalue weighted by Gasteiger charge is 2.09. The van der Waals surface area contributed by atoms with Gasteiger partial charge in [0.1, 0.15) is 5.01 Å². The molecule has 0 N–H and O–H groups in total. The molecular formula is C17H12N2OS2. The summed E-state index contributed by atoms with van der Waals surface area (Å²) in [5.74, 6) is 1.57. The monoisotopic (exact) mass is 324 g/mol. The zero-order chi connectivity index (χ0) is 14.8. The van der Waals surface area contributed by atoms with Gasteiger partial charge in [0.15, 0.2) is 5.76 Å². The van der Waals surface area contributed by atoms with Gasteiger partial charge in [-0.25, -0.2) is 9.97 Å². The zero-order valence-electron chi connectivity index (χ0n) is 11.6. The van der Waals surface area contributed by atoms with Gasteiger partial charge in [-0.15, -0.1) is 11.3 Å². The average molecular weight is 324 g/mol. The Morgan fingerprint density at radius 2 is 1.82 bits per heavy atom. The van der Waals surface area contributed by atoms with Crippen molar-refractivity contribution in [3.63, 3.8) is 0 Å². The summed E-state index contributed by atoms with van der Waals surface area (Å²) in [5, 5.41) is 1.77. The van der Waals surface area contributed by atoms with Gasteiger partial charge in [0.2, 0.25) is 0 Å². The normalized spacial score (nSPS) is 11.1. The van der Waals surface area contributed by atoms with E-state index in [1.807, 2.05) is 48.5 Å². The smallest absolute Gasteiger partial charge is 0.256 e. The molecule has 0 unspecified atom stereocenters. The Labute approximate surface area is 136 Å². The Balaban J connectivity index is 1.49. The summed E-state index contributed by atoms with van der Waals surface area (Å²) in [6.45, 7) is 0. The molecule has 4 rings (SSSR count). The molecule has 0 aliphatic heterocycles. The number of para-hydroxylation sites is 1. The summed E-state index contributed by atoms with van der Waals surface area (Å²) >= 11 is 3.29. The lowest BCUT2D eigenvalue weighted by Gasteiger charge is -1.94. The SMILES string of the molecule is c1ccc(-c2cnc(SCc3nc4ccccc4s3)o2)cc1. The number of fused-ring (bicyclic) bond motifs is 1. The third-order valence-electron chi connectivity index (χ3n) is 3.20. The number of thiazole rings is 1. The van der Waals surface area contributed by atoms with Gasteiger partial charge in [-0.05, 0) is 12.1 Å². The molecule has 4 aromatic rings. The van der Waals surface area contributed by atoms with Crippen LogP contribution >= 0.6 is 23.1 Å². The van der Waals surface area contributed by atoms with Crippen LogP contribution in [-0.2, 0) is 5.75 Å². The summed E-state index contributed by atoms with van der Waals surface area (Å²) in [6.07, 6.45) is 1.77. The van der Waals surface area contributed by atoms with Crippen LogP contribution in [0.15, 0.2) is 70.4 Å². The first kappa shape index (κ1) is 13.5. The standard InChI is InChI=1S/C17H12N2OS2/c1-2-6-12(7-3-1)14-10-18-17(20-14)21-11-16-19-13-8-4-5-9-15(13)22-16/h1-10H,11H2. The fourth-order valence-electron chi connectivity index (χ4n) is 2.17. The van der Waals surface area contributed by atoms with E-state index in [1.54, 1.807) is 29.3 Å². The van der Waals surface area contributed by atoms with E-state index in [0.717, 1.165) is 27.6 Å². The van der Waals surface area contributed by atoms with E-state index < -0.39 is 0 Å². The summed E-state index contributed by atoms with van der Waals surface area (Å²) in [5.41, 5.74) is 2.10. The van der Waals surface area contributed by atoms with Crippen molar-refractivity contribution in [2.75, 3.05) is 0 Å². The van der Waals surface area contributed by atoms with E-state index in [9.17, 15) is 0 Å². The van der Waals surface area contributed by atoms with Crippen molar-refractivity contribution in [3.05, 3.63) is 65.8 Å². The highest BCUT2D eigenvalue weighted by atomic mass is 32.2. The van der Waals surface area contributed by atoms with Crippen LogP contribution in [0.4, 0.5) is 0 Å². The molecule has 2 aromatic heterocycles. The fourth-order valence-corrected chi connectivity index (χ4v) is 3.93. The predicted octanol–water partition coefficient (Wildman–Crippen LogP) is 5.24. The highest BCUT2D eigenvalue weighted by Crippen LogP contribution is 2.30. The number of benzene rings is 2. The fraction of sp³-hybridized carbons (Fsp3) is 0.0588. The maximum absolute atomic E-state index is 5.79. The molecule has 0 bridgehead atoms. The first-order valence-corrected chi connectivity index (χ1v) is 8.67. The molecule has 0 fully saturated rings. The van der Waals surface area contributed by atoms with Crippen LogP contribution < -0.4 is 0 Å². The van der Waals surface area contributed by atoms with Crippen molar-refractivity contribution in [3.8, 4) is 11.3 Å². The van der Waals surface area contributed by atoms with E-state index in [-0.39, 0.29) is 0 Å². The van der Waals surface area contributed by atoms with Crippen LogP contribution in [0.1, 0.15) is 5.01 Å². The van der Waals surface area contributed by atoms with E-state index in [0.29, 0.717) is 5.22 Å². The second-order valence-electron chi connectivity index (χ2n) is 4.72. The Morgan fingerprint density at radius 1 is 1.00 bits per heavy atom. The molecule has 5 heteroatoms. The lowest BCUT2D eigenvalue weighted by atomic mass is 10.2. The molecule has 0 atom stereocenters. The quantitative estimate of drug-likeness (QED) is 0.481. The molecule has 2 heterocycles. The van der Waals surface area contributed by atoms with Crippen molar-refractivity contribution in [1.82, 2.24) is 9.97 Å². The molecule has 0 spiro atoms. The maximum Gasteiger partial charge on any atom is 0.256 e. The molecule has 3 nitrogen and oxygen atoms in total. The van der Waals surface area contributed by atoms with Crippen molar-refractivity contribution in [1.29, 1.82) is 0 Å². The first-order valence-electron chi connectivity index (χ1n) is 6.87. The molecule has 0 saturated carbocycles. The van der Waals surface area contributed by atoms with Gasteiger partial charge >= 0.3 is 0 Å². The molecule has 0 amide bonds. The van der Waals surface area contributed by atoms with Crippen molar-refractivity contribution in [2.24, 2.45) is 0 Å². The molecule has 2 aromatic carbocycles. The third-order valence-corrected chi connectivity index (χ3v) is 5.27. The predicted molar refractivity (Wildman–Crippen MR) is 91.1 cm³/mol. The number of nitrogens with zero attached hydrogens (tertiary/aromatic N) is 2. The van der Waals surface area contributed by atoms with Crippen LogP contribution in [0.2, 0.25) is 0 Å². The molecule has 108 valence electrons. The van der Waals surface area contributed by atoms with Crippen molar-refractivity contribution < 1.29 is 4.42 Å². The second-order valence-corrected chi connectivity index (χ2v) is 6.76. The van der Waals surface area contributed by atoms with Gasteiger partial charge in [0, 0.05) is 5.56 Å². The van der Waals surface area contributed by atoms with Gasteiger partial charge in [-0.3, -0.25) is 0 Å². The van der Waals surface area contributed by atoms with Crippen LogP contribution in [0.25, 0.3) is 21.5 Å². The summed E-state index contributed by atoms with van der Waals surface area (Å²) in [7, 11) is 0. The Kier molecular flexibility index (Phi) is 3.66. The summed E-state index contributed by atoms with van der Waals surface area (Å²) in [4.78, 5) is 8.96. The third kappa shape index (κ3) is 2.77. The lowest BCUT2D eigenvalue weighted by molar-refractivity contribution is 0.466. The van der Waals surface area contributed by atoms with Gasteiger partial charge in [0.05, 0.1) is 22.2 Å². The van der Waals surface area contributed by atoms with Crippen LogP contribution in [0.5, 0.6) is 0 Å². The lowest BCUT2D eigenvalue weighted by Crippen LogP contribution is -1.77. The molecule has 22 heavy (non-hydrogen) atoms. The summed E-state index contributed by atoms with van der Waals surface area (Å²) in [6, 6.07) is 18.2. The minimum atomic E-state index is 0.679. The van der Waals surface area contributed by atoms with Crippen molar-refractivity contribution >= 4 is 33.3 Å². The van der Waals surface area contributed by atoms with Crippen LogP contribution in [0.3, 0.4) is 0 Å².